The van der Waals surface area contributed by atoms with Crippen molar-refractivity contribution >= 4 is 11.9 Å². The molecular formula is C22H36O4. The summed E-state index contributed by atoms with van der Waals surface area (Å²) >= 11 is 0. The summed E-state index contributed by atoms with van der Waals surface area (Å²) in [4.78, 5) is 26.0. The lowest BCUT2D eigenvalue weighted by atomic mass is 9.30. The van der Waals surface area contributed by atoms with Crippen molar-refractivity contribution in [2.24, 2.45) is 33.5 Å². The predicted molar refractivity (Wildman–Crippen MR) is 103 cm³/mol. The van der Waals surface area contributed by atoms with E-state index in [0.717, 1.165) is 24.0 Å². The van der Waals surface area contributed by atoms with Gasteiger partial charge in [-0.25, -0.2) is 0 Å². The van der Waals surface area contributed by atoms with Gasteiger partial charge in [-0.2, -0.15) is 0 Å². The molecule has 0 radical (unpaired) electrons. The Kier molecular flexibility index (Phi) is 4.92. The lowest BCUT2D eigenvalue weighted by Gasteiger charge is -2.71. The Bertz CT molecular complexity index is 605. The van der Waals surface area contributed by atoms with Crippen LogP contribution in [0.4, 0.5) is 0 Å². The molecule has 3 aliphatic rings. The Hall–Kier alpha value is -1.32. The highest BCUT2D eigenvalue weighted by molar-refractivity contribution is 5.91. The summed E-state index contributed by atoms with van der Waals surface area (Å²) in [5.41, 5.74) is -1.71. The molecule has 4 unspecified atom stereocenters. The van der Waals surface area contributed by atoms with E-state index in [0.29, 0.717) is 12.8 Å². The fourth-order valence-corrected chi connectivity index (χ4v) is 6.75. The van der Waals surface area contributed by atoms with Gasteiger partial charge in [-0.3, -0.25) is 9.59 Å². The molecule has 0 aromatic carbocycles. The monoisotopic (exact) mass is 364 g/mol. The van der Waals surface area contributed by atoms with Gasteiger partial charge >= 0.3 is 11.9 Å². The molecule has 148 valence electrons. The summed E-state index contributed by atoms with van der Waals surface area (Å²) < 4.78 is 0. The molecule has 0 heterocycles. The van der Waals surface area contributed by atoms with Crippen molar-refractivity contribution in [2.45, 2.75) is 81.1 Å². The van der Waals surface area contributed by atoms with Gasteiger partial charge in [0.25, 0.3) is 0 Å². The first kappa shape index (κ1) is 21.0. The largest absolute Gasteiger partial charge is 0.481 e. The molecule has 0 amide bonds. The van der Waals surface area contributed by atoms with Gasteiger partial charge in [0.15, 0.2) is 0 Å². The van der Waals surface area contributed by atoms with Crippen molar-refractivity contribution in [1.82, 2.24) is 0 Å². The van der Waals surface area contributed by atoms with Crippen LogP contribution in [0.1, 0.15) is 81.1 Å². The number of carbonyl (C=O) groups is 2. The zero-order valence-electron chi connectivity index (χ0n) is 17.7. The number of hydrogen-bond acceptors (Lipinski definition) is 2. The van der Waals surface area contributed by atoms with Gasteiger partial charge in [0.05, 0.1) is 10.8 Å². The lowest BCUT2D eigenvalue weighted by Crippen LogP contribution is -2.73. The first-order valence-corrected chi connectivity index (χ1v) is 9.90. The van der Waals surface area contributed by atoms with Crippen molar-refractivity contribution in [3.05, 3.63) is 11.1 Å². The van der Waals surface area contributed by atoms with Crippen LogP contribution in [0.3, 0.4) is 0 Å². The van der Waals surface area contributed by atoms with Crippen LogP contribution in [0, 0.1) is 33.5 Å². The molecule has 0 aromatic rings. The summed E-state index contributed by atoms with van der Waals surface area (Å²) in [5.74, 6) is -1.67. The van der Waals surface area contributed by atoms with E-state index < -0.39 is 33.6 Å². The Morgan fingerprint density at radius 1 is 0.808 bits per heavy atom. The zero-order chi connectivity index (χ0) is 20.3. The number of fused-ring (bicyclic) bond motifs is 2. The van der Waals surface area contributed by atoms with E-state index in [2.05, 4.69) is 0 Å². The second-order valence-corrected chi connectivity index (χ2v) is 10.0. The van der Waals surface area contributed by atoms with Gasteiger partial charge < -0.3 is 10.2 Å². The van der Waals surface area contributed by atoms with E-state index in [1.807, 2.05) is 55.4 Å². The van der Waals surface area contributed by atoms with Crippen LogP contribution in [-0.2, 0) is 9.59 Å². The average molecular weight is 365 g/mol. The van der Waals surface area contributed by atoms with E-state index in [1.54, 1.807) is 0 Å². The fraction of sp³-hybridized carbons (Fsp3) is 0.818. The molecule has 4 atom stereocenters. The highest BCUT2D eigenvalue weighted by atomic mass is 16.4. The standard InChI is InChI=1S/C22H36O4/c1-13(2)11-21(17(23)24)19(7)9-10-20(8,16(6)15(19)5)22(21,18(25)26)12-14(3)4/h13-14H,9-12H2,1-8H3,(H,23,24)(H,25,26). The number of aliphatic carboxylic acids is 2. The Balaban J connectivity index is 3.05. The van der Waals surface area contributed by atoms with Crippen LogP contribution in [0.25, 0.3) is 0 Å². The van der Waals surface area contributed by atoms with Gasteiger partial charge in [-0.05, 0) is 51.4 Å². The molecular weight excluding hydrogens is 328 g/mol. The van der Waals surface area contributed by atoms with Crippen LogP contribution >= 0.6 is 0 Å². The Morgan fingerprint density at radius 2 is 1.08 bits per heavy atom. The van der Waals surface area contributed by atoms with Gasteiger partial charge in [0, 0.05) is 10.8 Å². The maximum atomic E-state index is 13.0. The molecule has 4 nitrogen and oxygen atoms in total. The van der Waals surface area contributed by atoms with Crippen molar-refractivity contribution in [1.29, 1.82) is 0 Å². The van der Waals surface area contributed by atoms with Crippen molar-refractivity contribution in [3.63, 3.8) is 0 Å². The SMILES string of the molecule is CC1=C(C)C2(C)CCC1(C)C(CC(C)C)(C(=O)O)C2(CC(C)C)C(=O)O. The molecule has 2 bridgehead atoms. The molecule has 26 heavy (non-hydrogen) atoms. The van der Waals surface area contributed by atoms with Crippen molar-refractivity contribution in [2.75, 3.05) is 0 Å². The number of carboxylic acids is 2. The maximum absolute atomic E-state index is 13.0. The van der Waals surface area contributed by atoms with Gasteiger partial charge in [0.1, 0.15) is 0 Å². The number of allylic oxidation sites excluding steroid dienone is 2. The Morgan fingerprint density at radius 3 is 1.27 bits per heavy atom. The number of hydrogen-bond donors (Lipinski definition) is 2. The van der Waals surface area contributed by atoms with Crippen molar-refractivity contribution < 1.29 is 19.8 Å². The molecule has 3 aliphatic carbocycles. The van der Waals surface area contributed by atoms with Crippen LogP contribution in [-0.4, -0.2) is 22.2 Å². The summed E-state index contributed by atoms with van der Waals surface area (Å²) in [6, 6.07) is 0. The van der Waals surface area contributed by atoms with E-state index in [1.165, 1.54) is 0 Å². The first-order valence-electron chi connectivity index (χ1n) is 9.90. The minimum atomic E-state index is -1.30. The second kappa shape index (κ2) is 6.10. The van der Waals surface area contributed by atoms with E-state index in [-0.39, 0.29) is 11.8 Å². The molecule has 0 aliphatic heterocycles. The third-order valence-corrected chi connectivity index (χ3v) is 8.11. The molecule has 0 aromatic heterocycles. The third kappa shape index (κ3) is 2.13. The minimum absolute atomic E-state index is 0.102. The lowest BCUT2D eigenvalue weighted by molar-refractivity contribution is -0.230. The van der Waals surface area contributed by atoms with Crippen LogP contribution in [0.5, 0.6) is 0 Å². The normalized spacial score (nSPS) is 39.8. The molecule has 4 heteroatoms. The van der Waals surface area contributed by atoms with Gasteiger partial charge in [-0.15, -0.1) is 0 Å². The summed E-state index contributed by atoms with van der Waals surface area (Å²) in [6.45, 7) is 16.1. The zero-order valence-corrected chi connectivity index (χ0v) is 17.7. The quantitative estimate of drug-likeness (QED) is 0.621. The van der Waals surface area contributed by atoms with E-state index in [4.69, 9.17) is 0 Å². The van der Waals surface area contributed by atoms with Crippen LogP contribution in [0.15, 0.2) is 11.1 Å². The van der Waals surface area contributed by atoms with Crippen molar-refractivity contribution in [3.8, 4) is 0 Å². The third-order valence-electron chi connectivity index (χ3n) is 8.11. The van der Waals surface area contributed by atoms with Crippen LogP contribution < -0.4 is 0 Å². The van der Waals surface area contributed by atoms with Crippen LogP contribution in [0.2, 0.25) is 0 Å². The minimum Gasteiger partial charge on any atom is -0.481 e. The highest BCUT2D eigenvalue weighted by Crippen LogP contribution is 2.78. The van der Waals surface area contributed by atoms with Gasteiger partial charge in [0.2, 0.25) is 0 Å². The topological polar surface area (TPSA) is 74.6 Å². The second-order valence-electron chi connectivity index (χ2n) is 10.0. The molecule has 0 saturated heterocycles. The smallest absolute Gasteiger partial charge is 0.311 e. The van der Waals surface area contributed by atoms with Gasteiger partial charge in [-0.1, -0.05) is 52.7 Å². The average Bonchev–Trinajstić information content (AvgIpc) is 2.50. The highest BCUT2D eigenvalue weighted by Gasteiger charge is 2.79. The number of carboxylic acid groups (broad SMARTS) is 2. The summed E-state index contributed by atoms with van der Waals surface area (Å²) in [5, 5.41) is 21.3. The first-order chi connectivity index (χ1) is 11.7. The molecule has 2 N–H and O–H groups in total. The Labute approximate surface area is 158 Å². The molecule has 0 spiro atoms. The summed E-state index contributed by atoms with van der Waals surface area (Å²) in [7, 11) is 0. The molecule has 1 saturated carbocycles. The molecule has 3 rings (SSSR count). The maximum Gasteiger partial charge on any atom is 0.311 e. The number of rotatable bonds is 6. The summed E-state index contributed by atoms with van der Waals surface area (Å²) in [6.07, 6.45) is 2.24. The van der Waals surface area contributed by atoms with E-state index >= 15 is 0 Å². The fourth-order valence-electron chi connectivity index (χ4n) is 6.75. The van der Waals surface area contributed by atoms with E-state index in [9.17, 15) is 19.8 Å². The molecule has 1 fully saturated rings. The predicted octanol–water partition coefficient (Wildman–Crippen LogP) is 5.38.